The predicted octanol–water partition coefficient (Wildman–Crippen LogP) is 3.98. The molecule has 3 aromatic rings. The van der Waals surface area contributed by atoms with Gasteiger partial charge in [0.25, 0.3) is 5.91 Å². The van der Waals surface area contributed by atoms with Gasteiger partial charge in [-0.25, -0.2) is 0 Å². The summed E-state index contributed by atoms with van der Waals surface area (Å²) in [6.07, 6.45) is 0. The van der Waals surface area contributed by atoms with Crippen molar-refractivity contribution in [3.63, 3.8) is 0 Å². The zero-order valence-corrected chi connectivity index (χ0v) is 19.0. The largest absolute Gasteiger partial charge is 0.497 e. The Hall–Kier alpha value is -3.25. The van der Waals surface area contributed by atoms with E-state index in [9.17, 15) is 9.59 Å². The number of amides is 2. The first-order chi connectivity index (χ1) is 15.5. The van der Waals surface area contributed by atoms with Crippen molar-refractivity contribution in [3.8, 4) is 22.7 Å². The van der Waals surface area contributed by atoms with Crippen LogP contribution in [0.15, 0.2) is 60.7 Å². The van der Waals surface area contributed by atoms with Crippen molar-refractivity contribution >= 4 is 23.4 Å². The van der Waals surface area contributed by atoms with E-state index < -0.39 is 0 Å². The maximum atomic E-state index is 13.5. The SMILES string of the molecule is COc1cccc(-c2cc(C(=O)N3CCN(C(=O)CCl)CC3)c(C)n2-c2ccccc2)c1. The van der Waals surface area contributed by atoms with Crippen molar-refractivity contribution in [2.75, 3.05) is 39.2 Å². The summed E-state index contributed by atoms with van der Waals surface area (Å²) in [6, 6.07) is 19.8. The summed E-state index contributed by atoms with van der Waals surface area (Å²) in [4.78, 5) is 28.9. The van der Waals surface area contributed by atoms with Crippen molar-refractivity contribution in [1.82, 2.24) is 14.4 Å². The molecule has 2 aromatic carbocycles. The van der Waals surface area contributed by atoms with Crippen LogP contribution in [0.25, 0.3) is 16.9 Å². The van der Waals surface area contributed by atoms with Gasteiger partial charge in [-0.1, -0.05) is 30.3 Å². The van der Waals surface area contributed by atoms with Gasteiger partial charge in [0.1, 0.15) is 11.6 Å². The van der Waals surface area contributed by atoms with Gasteiger partial charge >= 0.3 is 0 Å². The molecule has 0 bridgehead atoms. The molecule has 32 heavy (non-hydrogen) atoms. The lowest BCUT2D eigenvalue weighted by Crippen LogP contribution is -2.51. The molecule has 0 aliphatic carbocycles. The number of piperazine rings is 1. The predicted molar refractivity (Wildman–Crippen MR) is 126 cm³/mol. The maximum Gasteiger partial charge on any atom is 0.255 e. The number of aromatic nitrogens is 1. The molecule has 2 heterocycles. The van der Waals surface area contributed by atoms with Gasteiger partial charge in [0.05, 0.1) is 18.4 Å². The molecule has 4 rings (SSSR count). The summed E-state index contributed by atoms with van der Waals surface area (Å²) in [5, 5.41) is 0. The number of methoxy groups -OCH3 is 1. The lowest BCUT2D eigenvalue weighted by Gasteiger charge is -2.34. The van der Waals surface area contributed by atoms with Crippen LogP contribution < -0.4 is 4.74 Å². The maximum absolute atomic E-state index is 13.5. The second-order valence-corrected chi connectivity index (χ2v) is 8.01. The van der Waals surface area contributed by atoms with Gasteiger partial charge in [-0.3, -0.25) is 9.59 Å². The molecule has 166 valence electrons. The molecular weight excluding hydrogens is 426 g/mol. The Kier molecular flexibility index (Phi) is 6.51. The standard InChI is InChI=1S/C25H26ClN3O3/c1-18-22(25(31)28-13-11-27(12-14-28)24(30)17-26)16-23(19-7-6-10-21(15-19)32-2)29(18)20-8-4-3-5-9-20/h3-10,15-16H,11-14,17H2,1-2H3. The number of nitrogens with zero attached hydrogens (tertiary/aromatic N) is 3. The molecule has 1 aliphatic rings. The molecule has 1 aromatic heterocycles. The summed E-state index contributed by atoms with van der Waals surface area (Å²) in [6.45, 7) is 3.95. The van der Waals surface area contributed by atoms with E-state index in [1.54, 1.807) is 12.0 Å². The number of ether oxygens (including phenoxy) is 1. The van der Waals surface area contributed by atoms with E-state index in [-0.39, 0.29) is 17.7 Å². The van der Waals surface area contributed by atoms with Crippen LogP contribution >= 0.6 is 11.6 Å². The number of alkyl halides is 1. The fourth-order valence-electron chi connectivity index (χ4n) is 4.14. The molecule has 0 saturated carbocycles. The van der Waals surface area contributed by atoms with Gasteiger partial charge < -0.3 is 19.1 Å². The van der Waals surface area contributed by atoms with Gasteiger partial charge in [0, 0.05) is 43.1 Å². The molecular formula is C25H26ClN3O3. The van der Waals surface area contributed by atoms with Crippen LogP contribution in [0.5, 0.6) is 5.75 Å². The topological polar surface area (TPSA) is 54.8 Å². The molecule has 2 amide bonds. The number of para-hydroxylation sites is 1. The minimum atomic E-state index is -0.0921. The average Bonchev–Trinajstić information content (AvgIpc) is 3.20. The van der Waals surface area contributed by atoms with E-state index in [4.69, 9.17) is 16.3 Å². The lowest BCUT2D eigenvalue weighted by atomic mass is 10.1. The number of hydrogen-bond donors (Lipinski definition) is 0. The van der Waals surface area contributed by atoms with Gasteiger partial charge in [0.2, 0.25) is 5.91 Å². The third-order valence-corrected chi connectivity index (χ3v) is 6.12. The van der Waals surface area contributed by atoms with Gasteiger partial charge in [-0.2, -0.15) is 0 Å². The molecule has 0 radical (unpaired) electrons. The van der Waals surface area contributed by atoms with E-state index in [2.05, 4.69) is 4.57 Å². The molecule has 1 aliphatic heterocycles. The highest BCUT2D eigenvalue weighted by molar-refractivity contribution is 6.27. The molecule has 0 N–H and O–H groups in total. The summed E-state index contributed by atoms with van der Waals surface area (Å²) in [7, 11) is 1.64. The Labute approximate surface area is 193 Å². The van der Waals surface area contributed by atoms with Crippen molar-refractivity contribution < 1.29 is 14.3 Å². The first kappa shape index (κ1) is 22.0. The van der Waals surface area contributed by atoms with Crippen molar-refractivity contribution in [2.45, 2.75) is 6.92 Å². The minimum Gasteiger partial charge on any atom is -0.497 e. The number of carbonyl (C=O) groups excluding carboxylic acids is 2. The number of halogens is 1. The normalized spacial score (nSPS) is 13.8. The third-order valence-electron chi connectivity index (χ3n) is 5.89. The molecule has 0 spiro atoms. The van der Waals surface area contributed by atoms with Crippen LogP contribution in [-0.2, 0) is 4.79 Å². The Morgan fingerprint density at radius 3 is 2.28 bits per heavy atom. The second kappa shape index (κ2) is 9.49. The van der Waals surface area contributed by atoms with Crippen LogP contribution in [0.2, 0.25) is 0 Å². The monoisotopic (exact) mass is 451 g/mol. The average molecular weight is 452 g/mol. The smallest absolute Gasteiger partial charge is 0.255 e. The van der Waals surface area contributed by atoms with E-state index in [1.807, 2.05) is 72.5 Å². The summed E-state index contributed by atoms with van der Waals surface area (Å²) in [5.41, 5.74) is 4.40. The lowest BCUT2D eigenvalue weighted by molar-refractivity contribution is -0.129. The minimum absolute atomic E-state index is 0.0284. The highest BCUT2D eigenvalue weighted by atomic mass is 35.5. The Balaban J connectivity index is 1.71. The molecule has 1 fully saturated rings. The highest BCUT2D eigenvalue weighted by Gasteiger charge is 2.27. The first-order valence-electron chi connectivity index (χ1n) is 10.6. The quantitative estimate of drug-likeness (QED) is 0.551. The second-order valence-electron chi connectivity index (χ2n) is 7.74. The number of benzene rings is 2. The Morgan fingerprint density at radius 1 is 0.938 bits per heavy atom. The van der Waals surface area contributed by atoms with Gasteiger partial charge in [-0.15, -0.1) is 11.6 Å². The van der Waals surface area contributed by atoms with Crippen LogP contribution in [0.4, 0.5) is 0 Å². The summed E-state index contributed by atoms with van der Waals surface area (Å²) in [5.74, 6) is 0.607. The Morgan fingerprint density at radius 2 is 1.62 bits per heavy atom. The number of hydrogen-bond acceptors (Lipinski definition) is 3. The molecule has 0 unspecified atom stereocenters. The molecule has 0 atom stereocenters. The van der Waals surface area contributed by atoms with Gasteiger partial charge in [-0.05, 0) is 37.3 Å². The van der Waals surface area contributed by atoms with Crippen molar-refractivity contribution in [3.05, 3.63) is 71.9 Å². The van der Waals surface area contributed by atoms with E-state index in [1.165, 1.54) is 0 Å². The highest BCUT2D eigenvalue weighted by Crippen LogP contribution is 2.32. The van der Waals surface area contributed by atoms with Gasteiger partial charge in [0.15, 0.2) is 0 Å². The summed E-state index contributed by atoms with van der Waals surface area (Å²) < 4.78 is 7.52. The number of carbonyl (C=O) groups is 2. The van der Waals surface area contributed by atoms with Crippen LogP contribution in [-0.4, -0.2) is 65.4 Å². The van der Waals surface area contributed by atoms with E-state index in [0.29, 0.717) is 31.7 Å². The zero-order chi connectivity index (χ0) is 22.7. The molecule has 1 saturated heterocycles. The van der Waals surface area contributed by atoms with E-state index in [0.717, 1.165) is 28.4 Å². The van der Waals surface area contributed by atoms with Crippen molar-refractivity contribution in [2.24, 2.45) is 0 Å². The molecule has 7 heteroatoms. The fourth-order valence-corrected chi connectivity index (χ4v) is 4.31. The van der Waals surface area contributed by atoms with Crippen molar-refractivity contribution in [1.29, 1.82) is 0 Å². The molecule has 6 nitrogen and oxygen atoms in total. The fraction of sp³-hybridized carbons (Fsp3) is 0.280. The summed E-state index contributed by atoms with van der Waals surface area (Å²) >= 11 is 5.68. The Bertz CT molecular complexity index is 1120. The van der Waals surface area contributed by atoms with E-state index >= 15 is 0 Å². The zero-order valence-electron chi connectivity index (χ0n) is 18.3. The third kappa shape index (κ3) is 4.23. The first-order valence-corrected chi connectivity index (χ1v) is 11.1. The van der Waals surface area contributed by atoms with Crippen LogP contribution in [0, 0.1) is 6.92 Å². The number of rotatable bonds is 5. The van der Waals surface area contributed by atoms with Crippen LogP contribution in [0.3, 0.4) is 0 Å². The van der Waals surface area contributed by atoms with Crippen LogP contribution in [0.1, 0.15) is 16.1 Å².